The number of hydrogen-bond acceptors (Lipinski definition) is 0. The maximum absolute atomic E-state index is 2.34. The summed E-state index contributed by atoms with van der Waals surface area (Å²) in [6.45, 7) is 0. The highest BCUT2D eigenvalue weighted by Crippen LogP contribution is 2.16. The summed E-state index contributed by atoms with van der Waals surface area (Å²) in [4.78, 5) is 0. The second-order valence-corrected chi connectivity index (χ2v) is 3.41. The summed E-state index contributed by atoms with van der Waals surface area (Å²) >= 11 is 0. The van der Waals surface area contributed by atoms with Crippen LogP contribution in [0.15, 0.2) is 24.3 Å². The fourth-order valence-corrected chi connectivity index (χ4v) is 2.13. The van der Waals surface area contributed by atoms with Gasteiger partial charge in [-0.25, -0.2) is 0 Å². The molecule has 0 bridgehead atoms. The van der Waals surface area contributed by atoms with E-state index in [1.54, 1.807) is 0 Å². The van der Waals surface area contributed by atoms with Crippen LogP contribution in [-0.2, 0) is 0 Å². The lowest BCUT2D eigenvalue weighted by Gasteiger charge is -2.03. The molecule has 0 saturated carbocycles. The minimum Gasteiger partial charge on any atom is -0.0763 e. The van der Waals surface area contributed by atoms with Crippen molar-refractivity contribution in [2.75, 3.05) is 0 Å². The Morgan fingerprint density at radius 1 is 1.08 bits per heavy atom. The molecular weight excluding hydrogens is 144 g/mol. The fraction of sp³-hybridized carbons (Fsp3) is 0.167. The van der Waals surface area contributed by atoms with Gasteiger partial charge in [-0.2, -0.15) is 0 Å². The minimum absolute atomic E-state index is 1.20. The van der Waals surface area contributed by atoms with Crippen LogP contribution in [0, 0.1) is 0 Å². The second-order valence-electron chi connectivity index (χ2n) is 3.41. The van der Waals surface area contributed by atoms with Crippen molar-refractivity contribution < 1.29 is 0 Å². The van der Waals surface area contributed by atoms with Crippen molar-refractivity contribution in [2.24, 2.45) is 0 Å². The van der Waals surface area contributed by atoms with E-state index in [9.17, 15) is 0 Å². The quantitative estimate of drug-likeness (QED) is 0.530. The Kier molecular flexibility index (Phi) is 1.09. The van der Waals surface area contributed by atoms with E-state index >= 15 is 0 Å². The van der Waals surface area contributed by atoms with E-state index in [1.807, 2.05) is 0 Å². The highest BCUT2D eigenvalue weighted by Gasteiger charge is 2.08. The van der Waals surface area contributed by atoms with Gasteiger partial charge in [0, 0.05) is 0 Å². The molecule has 0 fully saturated rings. The summed E-state index contributed by atoms with van der Waals surface area (Å²) < 4.78 is 0. The molecule has 0 saturated heterocycles. The third kappa shape index (κ3) is 0.672. The molecule has 58 valence electrons. The van der Waals surface area contributed by atoms with Crippen molar-refractivity contribution in [1.82, 2.24) is 0 Å². The number of rotatable bonds is 0. The monoisotopic (exact) mass is 154 g/mol. The van der Waals surface area contributed by atoms with Crippen LogP contribution in [-0.4, -0.2) is 0 Å². The van der Waals surface area contributed by atoms with E-state index in [2.05, 4.69) is 36.4 Å². The Morgan fingerprint density at radius 3 is 3.08 bits per heavy atom. The first kappa shape index (κ1) is 6.24. The normalized spacial score (nSPS) is 17.5. The Hall–Kier alpha value is -1.30. The van der Waals surface area contributed by atoms with Crippen LogP contribution >= 0.6 is 0 Å². The van der Waals surface area contributed by atoms with Gasteiger partial charge < -0.3 is 0 Å². The molecule has 1 aromatic rings. The molecule has 0 radical (unpaired) electrons. The lowest BCUT2D eigenvalue weighted by molar-refractivity contribution is 1.09. The van der Waals surface area contributed by atoms with Gasteiger partial charge in [-0.05, 0) is 34.4 Å². The van der Waals surface area contributed by atoms with Gasteiger partial charge in [0.15, 0.2) is 0 Å². The van der Waals surface area contributed by atoms with E-state index in [0.717, 1.165) is 0 Å². The van der Waals surface area contributed by atoms with Crippen LogP contribution < -0.4 is 10.4 Å². The van der Waals surface area contributed by atoms with E-state index in [4.69, 9.17) is 0 Å². The molecule has 0 N–H and O–H groups in total. The molecule has 12 heavy (non-hydrogen) atoms. The van der Waals surface area contributed by atoms with Crippen molar-refractivity contribution in [3.8, 4) is 0 Å². The van der Waals surface area contributed by atoms with Gasteiger partial charge in [-0.3, -0.25) is 0 Å². The molecule has 0 spiro atoms. The molecule has 1 aromatic carbocycles. The predicted molar refractivity (Wildman–Crippen MR) is 51.8 cm³/mol. The molecule has 0 atom stereocenters. The zero-order valence-corrected chi connectivity index (χ0v) is 6.88. The first-order chi connectivity index (χ1) is 5.95. The summed E-state index contributed by atoms with van der Waals surface area (Å²) in [5, 5.41) is 2.92. The lowest BCUT2D eigenvalue weighted by atomic mass is 10.0. The maximum Gasteiger partial charge on any atom is -0.00824 e. The number of hydrogen-bond donors (Lipinski definition) is 0. The van der Waals surface area contributed by atoms with Crippen LogP contribution in [0.2, 0.25) is 0 Å². The van der Waals surface area contributed by atoms with E-state index in [1.165, 1.54) is 34.4 Å². The summed E-state index contributed by atoms with van der Waals surface area (Å²) in [5.74, 6) is 0. The third-order valence-corrected chi connectivity index (χ3v) is 2.69. The van der Waals surface area contributed by atoms with Gasteiger partial charge in [0.2, 0.25) is 0 Å². The average molecular weight is 154 g/mol. The molecule has 0 unspecified atom stereocenters. The largest absolute Gasteiger partial charge is 0.0763 e. The summed E-state index contributed by atoms with van der Waals surface area (Å²) in [6, 6.07) is 6.55. The molecule has 0 heteroatoms. The number of allylic oxidation sites excluding steroid dienone is 1. The van der Waals surface area contributed by atoms with E-state index < -0.39 is 0 Å². The zero-order chi connectivity index (χ0) is 7.97. The van der Waals surface area contributed by atoms with Crippen molar-refractivity contribution in [2.45, 2.75) is 12.8 Å². The highest BCUT2D eigenvalue weighted by atomic mass is 14.1. The molecular formula is C12H10. The Morgan fingerprint density at radius 2 is 2.08 bits per heavy atom. The van der Waals surface area contributed by atoms with Crippen LogP contribution in [0.3, 0.4) is 0 Å². The van der Waals surface area contributed by atoms with Gasteiger partial charge in [0.25, 0.3) is 0 Å². The topological polar surface area (TPSA) is 0 Å². The smallest absolute Gasteiger partial charge is 0.00824 e. The molecule has 0 amide bonds. The van der Waals surface area contributed by atoms with Crippen molar-refractivity contribution in [3.05, 3.63) is 40.3 Å². The fourth-order valence-electron chi connectivity index (χ4n) is 2.13. The molecule has 3 rings (SSSR count). The molecule has 2 aliphatic carbocycles. The average Bonchev–Trinajstić information content (AvgIpc) is 2.52. The van der Waals surface area contributed by atoms with Gasteiger partial charge >= 0.3 is 0 Å². The zero-order valence-electron chi connectivity index (χ0n) is 6.88. The van der Waals surface area contributed by atoms with Crippen molar-refractivity contribution in [1.29, 1.82) is 0 Å². The minimum atomic E-state index is 1.20. The molecule has 0 aliphatic heterocycles. The number of benzene rings is 1. The summed E-state index contributed by atoms with van der Waals surface area (Å²) in [5.41, 5.74) is 2.93. The van der Waals surface area contributed by atoms with Crippen LogP contribution in [0.1, 0.15) is 18.4 Å². The van der Waals surface area contributed by atoms with E-state index in [0.29, 0.717) is 0 Å². The summed E-state index contributed by atoms with van der Waals surface area (Å²) in [6.07, 6.45) is 9.26. The van der Waals surface area contributed by atoms with Crippen molar-refractivity contribution >= 4 is 17.7 Å². The second kappa shape index (κ2) is 2.10. The molecule has 0 heterocycles. The summed E-state index contributed by atoms with van der Waals surface area (Å²) in [7, 11) is 0. The Bertz CT molecular complexity index is 475. The van der Waals surface area contributed by atoms with Crippen LogP contribution in [0.5, 0.6) is 0 Å². The van der Waals surface area contributed by atoms with Crippen molar-refractivity contribution in [3.63, 3.8) is 0 Å². The lowest BCUT2D eigenvalue weighted by Crippen LogP contribution is -2.29. The van der Waals surface area contributed by atoms with E-state index in [-0.39, 0.29) is 0 Å². The predicted octanol–water partition coefficient (Wildman–Crippen LogP) is 1.44. The van der Waals surface area contributed by atoms with Gasteiger partial charge in [0.05, 0.1) is 0 Å². The molecule has 0 aromatic heterocycles. The molecule has 0 nitrogen and oxygen atoms in total. The first-order valence-corrected chi connectivity index (χ1v) is 4.46. The van der Waals surface area contributed by atoms with Crippen LogP contribution in [0.4, 0.5) is 0 Å². The highest BCUT2D eigenvalue weighted by molar-refractivity contribution is 5.77. The first-order valence-electron chi connectivity index (χ1n) is 4.46. The van der Waals surface area contributed by atoms with Gasteiger partial charge in [0.1, 0.15) is 0 Å². The standard InChI is InChI=1S/C12H10/c1-3-9-4-2-6-11-8-7-10(5-1)12(9)11/h1,3-5,7-8H,2,6H2. The Labute approximate surface area is 71.5 Å². The maximum atomic E-state index is 2.34. The Balaban J connectivity index is 2.61. The molecule has 2 aliphatic rings. The van der Waals surface area contributed by atoms with Crippen LogP contribution in [0.25, 0.3) is 17.7 Å². The third-order valence-electron chi connectivity index (χ3n) is 2.69. The SMILES string of the molecule is C1=Cc2cccc3c2=C1CCC=3. The van der Waals surface area contributed by atoms with Gasteiger partial charge in [-0.15, -0.1) is 0 Å². The van der Waals surface area contributed by atoms with Gasteiger partial charge in [-0.1, -0.05) is 36.4 Å².